The van der Waals surface area contributed by atoms with Crippen LogP contribution in [0.5, 0.6) is 0 Å². The number of aliphatic hydroxyl groups is 1. The molecular formula is C16H18N4O3. The summed E-state index contributed by atoms with van der Waals surface area (Å²) in [6, 6.07) is 8.82. The van der Waals surface area contributed by atoms with Gasteiger partial charge in [-0.15, -0.1) is 0 Å². The zero-order valence-electron chi connectivity index (χ0n) is 12.5. The fraction of sp³-hybridized carbons (Fsp3) is 0.250. The highest BCUT2D eigenvalue weighted by Crippen LogP contribution is 2.11. The molecule has 1 atom stereocenters. The van der Waals surface area contributed by atoms with Crippen molar-refractivity contribution in [2.75, 3.05) is 13.1 Å². The van der Waals surface area contributed by atoms with Gasteiger partial charge in [0.2, 0.25) is 0 Å². The summed E-state index contributed by atoms with van der Waals surface area (Å²) in [5.41, 5.74) is 1.79. The summed E-state index contributed by atoms with van der Waals surface area (Å²) in [7, 11) is 0. The Morgan fingerprint density at radius 2 is 2.22 bits per heavy atom. The number of hydrogen-bond donors (Lipinski definition) is 3. The first kappa shape index (κ1) is 15.1. The molecule has 3 rings (SSSR count). The highest BCUT2D eigenvalue weighted by Gasteiger charge is 2.11. The summed E-state index contributed by atoms with van der Waals surface area (Å²) in [4.78, 5) is 16.1. The van der Waals surface area contributed by atoms with E-state index >= 15 is 0 Å². The van der Waals surface area contributed by atoms with E-state index in [-0.39, 0.29) is 12.6 Å². The molecule has 3 aromatic heterocycles. The Morgan fingerprint density at radius 1 is 1.30 bits per heavy atom. The van der Waals surface area contributed by atoms with Crippen molar-refractivity contribution in [3.05, 3.63) is 60.4 Å². The van der Waals surface area contributed by atoms with Gasteiger partial charge >= 0.3 is 6.03 Å². The molecule has 0 aromatic carbocycles. The lowest BCUT2D eigenvalue weighted by molar-refractivity contribution is 0.148. The highest BCUT2D eigenvalue weighted by atomic mass is 16.4. The number of nitrogens with one attached hydrogen (secondary N) is 2. The number of hydrogen-bond acceptors (Lipinski definition) is 4. The van der Waals surface area contributed by atoms with E-state index in [4.69, 9.17) is 4.42 Å². The summed E-state index contributed by atoms with van der Waals surface area (Å²) >= 11 is 0. The van der Waals surface area contributed by atoms with Gasteiger partial charge in [-0.25, -0.2) is 9.78 Å². The lowest BCUT2D eigenvalue weighted by atomic mass is 10.3. The summed E-state index contributed by atoms with van der Waals surface area (Å²) < 4.78 is 7.00. The minimum absolute atomic E-state index is 0.0910. The average Bonchev–Trinajstić information content (AvgIpc) is 3.21. The Morgan fingerprint density at radius 3 is 3.00 bits per heavy atom. The molecule has 0 radical (unpaired) electrons. The van der Waals surface area contributed by atoms with Crippen molar-refractivity contribution in [2.24, 2.45) is 0 Å². The number of furan rings is 1. The summed E-state index contributed by atoms with van der Waals surface area (Å²) in [5.74, 6) is 0.426. The molecule has 0 saturated heterocycles. The third-order valence-corrected chi connectivity index (χ3v) is 3.41. The molecule has 7 nitrogen and oxygen atoms in total. The number of amides is 2. The summed E-state index contributed by atoms with van der Waals surface area (Å²) in [6.45, 7) is 0.556. The molecule has 7 heteroatoms. The predicted octanol–water partition coefficient (Wildman–Crippen LogP) is 1.50. The number of aliphatic hydroxyl groups excluding tert-OH is 1. The minimum Gasteiger partial charge on any atom is -0.467 e. The first-order valence-corrected chi connectivity index (χ1v) is 7.38. The van der Waals surface area contributed by atoms with E-state index in [2.05, 4.69) is 15.6 Å². The van der Waals surface area contributed by atoms with Crippen molar-refractivity contribution < 1.29 is 14.3 Å². The zero-order chi connectivity index (χ0) is 16.1. The van der Waals surface area contributed by atoms with Crippen LogP contribution in [0.3, 0.4) is 0 Å². The molecule has 2 amide bonds. The number of carbonyl (C=O) groups excluding carboxylic acids is 1. The van der Waals surface area contributed by atoms with Gasteiger partial charge in [-0.3, -0.25) is 0 Å². The maximum Gasteiger partial charge on any atom is 0.314 e. The fourth-order valence-corrected chi connectivity index (χ4v) is 2.25. The lowest BCUT2D eigenvalue weighted by Gasteiger charge is -2.10. The molecule has 23 heavy (non-hydrogen) atoms. The Hall–Kier alpha value is -2.80. The van der Waals surface area contributed by atoms with Gasteiger partial charge in [0.15, 0.2) is 0 Å². The molecule has 0 aliphatic heterocycles. The van der Waals surface area contributed by atoms with Gasteiger partial charge in [0, 0.05) is 25.4 Å². The first-order valence-electron chi connectivity index (χ1n) is 7.38. The van der Waals surface area contributed by atoms with E-state index in [9.17, 15) is 9.90 Å². The molecule has 3 N–H and O–H groups in total. The van der Waals surface area contributed by atoms with Crippen LogP contribution in [0, 0.1) is 0 Å². The van der Waals surface area contributed by atoms with Gasteiger partial charge in [0.25, 0.3) is 0 Å². The SMILES string of the molecule is O=C(NCCc1cn2ccccc2n1)NCC(O)c1ccco1. The minimum atomic E-state index is -0.853. The molecule has 0 fully saturated rings. The van der Waals surface area contributed by atoms with E-state index in [1.54, 1.807) is 12.1 Å². The number of rotatable bonds is 6. The Kier molecular flexibility index (Phi) is 4.58. The molecule has 120 valence electrons. The smallest absolute Gasteiger partial charge is 0.314 e. The van der Waals surface area contributed by atoms with Crippen LogP contribution in [0.2, 0.25) is 0 Å². The van der Waals surface area contributed by atoms with Gasteiger partial charge in [-0.2, -0.15) is 0 Å². The van der Waals surface area contributed by atoms with Crippen molar-refractivity contribution in [1.82, 2.24) is 20.0 Å². The van der Waals surface area contributed by atoms with Crippen LogP contribution in [0.1, 0.15) is 17.6 Å². The number of pyridine rings is 1. The van der Waals surface area contributed by atoms with Crippen LogP contribution in [0.4, 0.5) is 4.79 Å². The van der Waals surface area contributed by atoms with Crippen LogP contribution in [0.15, 0.2) is 53.4 Å². The van der Waals surface area contributed by atoms with Crippen LogP contribution in [0.25, 0.3) is 5.65 Å². The van der Waals surface area contributed by atoms with Crippen molar-refractivity contribution in [3.63, 3.8) is 0 Å². The molecule has 1 unspecified atom stereocenters. The third-order valence-electron chi connectivity index (χ3n) is 3.41. The third kappa shape index (κ3) is 3.89. The quantitative estimate of drug-likeness (QED) is 0.643. The number of fused-ring (bicyclic) bond motifs is 1. The standard InChI is InChI=1S/C16H18N4O3/c21-13(14-4-3-9-23-14)10-18-16(22)17-7-6-12-11-20-8-2-1-5-15(20)19-12/h1-5,8-9,11,13,21H,6-7,10H2,(H2,17,18,22). The second kappa shape index (κ2) is 6.97. The number of carbonyl (C=O) groups is 1. The molecular weight excluding hydrogens is 296 g/mol. The Balaban J connectivity index is 1.40. The monoisotopic (exact) mass is 314 g/mol. The van der Waals surface area contributed by atoms with Crippen molar-refractivity contribution in [3.8, 4) is 0 Å². The molecule has 0 aliphatic rings. The molecule has 0 spiro atoms. The van der Waals surface area contributed by atoms with Crippen molar-refractivity contribution >= 4 is 11.7 Å². The first-order chi connectivity index (χ1) is 11.2. The topological polar surface area (TPSA) is 91.8 Å². The van der Waals surface area contributed by atoms with Crippen molar-refractivity contribution in [1.29, 1.82) is 0 Å². The molecule has 0 aliphatic carbocycles. The summed E-state index contributed by atoms with van der Waals surface area (Å²) in [5, 5.41) is 15.1. The fourth-order valence-electron chi connectivity index (χ4n) is 2.25. The van der Waals surface area contributed by atoms with E-state index in [0.717, 1.165) is 11.3 Å². The number of imidazole rings is 1. The Bertz CT molecular complexity index is 734. The predicted molar refractivity (Wildman–Crippen MR) is 84.0 cm³/mol. The molecule has 3 heterocycles. The van der Waals surface area contributed by atoms with Gasteiger partial charge < -0.3 is 24.6 Å². The number of urea groups is 1. The van der Waals surface area contributed by atoms with Crippen molar-refractivity contribution in [2.45, 2.75) is 12.5 Å². The Labute approximate surface area is 133 Å². The van der Waals surface area contributed by atoms with Gasteiger partial charge in [0.05, 0.1) is 18.5 Å². The van der Waals surface area contributed by atoms with E-state index in [1.165, 1.54) is 6.26 Å². The van der Waals surface area contributed by atoms with E-state index in [1.807, 2.05) is 35.0 Å². The van der Waals surface area contributed by atoms with Crippen LogP contribution in [-0.4, -0.2) is 33.6 Å². The van der Waals surface area contributed by atoms with E-state index < -0.39 is 6.10 Å². The van der Waals surface area contributed by atoms with Gasteiger partial charge in [-0.1, -0.05) is 6.07 Å². The second-order valence-corrected chi connectivity index (χ2v) is 5.12. The maximum atomic E-state index is 11.7. The highest BCUT2D eigenvalue weighted by molar-refractivity contribution is 5.73. The van der Waals surface area contributed by atoms with Gasteiger partial charge in [-0.05, 0) is 24.3 Å². The maximum absolute atomic E-state index is 11.7. The van der Waals surface area contributed by atoms with Crippen LogP contribution in [-0.2, 0) is 6.42 Å². The van der Waals surface area contributed by atoms with Gasteiger partial charge in [0.1, 0.15) is 17.5 Å². The molecule has 0 saturated carbocycles. The lowest BCUT2D eigenvalue weighted by Crippen LogP contribution is -2.38. The average molecular weight is 314 g/mol. The van der Waals surface area contributed by atoms with Crippen LogP contribution >= 0.6 is 0 Å². The van der Waals surface area contributed by atoms with Crippen LogP contribution < -0.4 is 10.6 Å². The normalized spacial score (nSPS) is 12.2. The van der Waals surface area contributed by atoms with E-state index in [0.29, 0.717) is 18.7 Å². The molecule has 0 bridgehead atoms. The number of aromatic nitrogens is 2. The molecule has 3 aromatic rings. The number of nitrogens with zero attached hydrogens (tertiary/aromatic N) is 2. The zero-order valence-corrected chi connectivity index (χ0v) is 12.5. The largest absolute Gasteiger partial charge is 0.467 e. The second-order valence-electron chi connectivity index (χ2n) is 5.12. The summed E-state index contributed by atoms with van der Waals surface area (Å²) in [6.07, 6.45) is 5.13.